The highest BCUT2D eigenvalue weighted by Crippen LogP contribution is 2.30. The Kier molecular flexibility index (Phi) is 1.87. The summed E-state index contributed by atoms with van der Waals surface area (Å²) >= 11 is 0. The molecule has 1 atom stereocenters. The molecule has 0 amide bonds. The fourth-order valence-corrected chi connectivity index (χ4v) is 1.92. The molecule has 2 nitrogen and oxygen atoms in total. The van der Waals surface area contributed by atoms with E-state index in [1.165, 1.54) is 16.7 Å². The second-order valence-corrected chi connectivity index (χ2v) is 3.46. The quantitative estimate of drug-likeness (QED) is 0.484. The molecule has 0 aliphatic heterocycles. The molecule has 1 aromatic carbocycles. The lowest BCUT2D eigenvalue weighted by molar-refractivity contribution is 0.551. The molecule has 1 aliphatic carbocycles. The van der Waals surface area contributed by atoms with E-state index in [4.69, 9.17) is 5.84 Å². The number of nitrogens with one attached hydrogen (secondary N) is 1. The number of fused-ring (bicyclic) bond motifs is 1. The summed E-state index contributed by atoms with van der Waals surface area (Å²) in [6, 6.07) is 6.96. The molecule has 0 radical (unpaired) electrons. The maximum atomic E-state index is 5.44. The summed E-state index contributed by atoms with van der Waals surface area (Å²) in [6.45, 7) is 2.13. The summed E-state index contributed by atoms with van der Waals surface area (Å²) < 4.78 is 0. The van der Waals surface area contributed by atoms with E-state index >= 15 is 0 Å². The molecule has 3 N–H and O–H groups in total. The van der Waals surface area contributed by atoms with Crippen molar-refractivity contribution in [1.29, 1.82) is 0 Å². The van der Waals surface area contributed by atoms with Gasteiger partial charge in [-0.3, -0.25) is 11.3 Å². The standard InChI is InChI=1S/C10H14N2/c1-7-2-4-9-8(6-7)3-5-10(9)12-11/h2,4,6,10,12H,3,5,11H2,1H3. The molecule has 0 spiro atoms. The molecule has 0 bridgehead atoms. The average Bonchev–Trinajstić information content (AvgIpc) is 2.46. The third-order valence-corrected chi connectivity index (χ3v) is 2.58. The molecule has 0 aromatic heterocycles. The largest absolute Gasteiger partial charge is 0.271 e. The third-order valence-electron chi connectivity index (χ3n) is 2.58. The van der Waals surface area contributed by atoms with Crippen molar-refractivity contribution in [1.82, 2.24) is 5.43 Å². The van der Waals surface area contributed by atoms with E-state index in [0.29, 0.717) is 6.04 Å². The number of nitrogens with two attached hydrogens (primary N) is 1. The molecule has 1 aliphatic rings. The Morgan fingerprint density at radius 1 is 1.50 bits per heavy atom. The second-order valence-electron chi connectivity index (χ2n) is 3.46. The molecule has 0 heterocycles. The van der Waals surface area contributed by atoms with Crippen molar-refractivity contribution in [3.05, 3.63) is 34.9 Å². The first-order valence-corrected chi connectivity index (χ1v) is 4.37. The van der Waals surface area contributed by atoms with Crippen molar-refractivity contribution in [2.45, 2.75) is 25.8 Å². The fourth-order valence-electron chi connectivity index (χ4n) is 1.92. The lowest BCUT2D eigenvalue weighted by atomic mass is 10.1. The molecular weight excluding hydrogens is 148 g/mol. The van der Waals surface area contributed by atoms with Gasteiger partial charge in [-0.1, -0.05) is 23.8 Å². The van der Waals surface area contributed by atoms with Gasteiger partial charge in [0.15, 0.2) is 0 Å². The van der Waals surface area contributed by atoms with Crippen LogP contribution in [0.4, 0.5) is 0 Å². The third kappa shape index (κ3) is 1.13. The zero-order valence-electron chi connectivity index (χ0n) is 7.30. The number of aryl methyl sites for hydroxylation is 2. The van der Waals surface area contributed by atoms with Crippen molar-refractivity contribution >= 4 is 0 Å². The number of benzene rings is 1. The van der Waals surface area contributed by atoms with Gasteiger partial charge in [0.1, 0.15) is 0 Å². The molecule has 0 saturated heterocycles. The van der Waals surface area contributed by atoms with Gasteiger partial charge in [-0.25, -0.2) is 0 Å². The minimum absolute atomic E-state index is 0.376. The first-order chi connectivity index (χ1) is 5.81. The minimum atomic E-state index is 0.376. The van der Waals surface area contributed by atoms with Crippen LogP contribution in [0.2, 0.25) is 0 Å². The van der Waals surface area contributed by atoms with Gasteiger partial charge < -0.3 is 0 Å². The van der Waals surface area contributed by atoms with E-state index < -0.39 is 0 Å². The minimum Gasteiger partial charge on any atom is -0.271 e. The predicted molar refractivity (Wildman–Crippen MR) is 49.6 cm³/mol. The van der Waals surface area contributed by atoms with Crippen LogP contribution in [0.3, 0.4) is 0 Å². The highest BCUT2D eigenvalue weighted by atomic mass is 15.2. The van der Waals surface area contributed by atoms with Gasteiger partial charge >= 0.3 is 0 Å². The van der Waals surface area contributed by atoms with Crippen molar-refractivity contribution in [3.8, 4) is 0 Å². The van der Waals surface area contributed by atoms with Crippen molar-refractivity contribution < 1.29 is 0 Å². The van der Waals surface area contributed by atoms with Gasteiger partial charge in [0.05, 0.1) is 0 Å². The fraction of sp³-hybridized carbons (Fsp3) is 0.400. The Morgan fingerprint density at radius 3 is 3.08 bits per heavy atom. The van der Waals surface area contributed by atoms with E-state index in [-0.39, 0.29) is 0 Å². The highest BCUT2D eigenvalue weighted by Gasteiger charge is 2.20. The molecule has 12 heavy (non-hydrogen) atoms. The summed E-state index contributed by atoms with van der Waals surface area (Å²) in [7, 11) is 0. The van der Waals surface area contributed by atoms with Gasteiger partial charge in [0.2, 0.25) is 0 Å². The number of hydrazine groups is 1. The molecule has 1 aromatic rings. The van der Waals surface area contributed by atoms with E-state index in [1.54, 1.807) is 0 Å². The Hall–Kier alpha value is -0.860. The van der Waals surface area contributed by atoms with Crippen LogP contribution in [-0.4, -0.2) is 0 Å². The SMILES string of the molecule is Cc1ccc2c(c1)CCC2NN. The van der Waals surface area contributed by atoms with Crippen LogP contribution in [0, 0.1) is 6.92 Å². The van der Waals surface area contributed by atoms with Gasteiger partial charge in [0, 0.05) is 6.04 Å². The zero-order chi connectivity index (χ0) is 8.55. The van der Waals surface area contributed by atoms with Gasteiger partial charge in [-0.15, -0.1) is 0 Å². The lowest BCUT2D eigenvalue weighted by Gasteiger charge is -2.09. The van der Waals surface area contributed by atoms with E-state index in [2.05, 4.69) is 30.5 Å². The first kappa shape index (κ1) is 7.77. The topological polar surface area (TPSA) is 38.0 Å². The Labute approximate surface area is 72.7 Å². The smallest absolute Gasteiger partial charge is 0.0465 e. The van der Waals surface area contributed by atoms with Crippen LogP contribution in [0.25, 0.3) is 0 Å². The van der Waals surface area contributed by atoms with Crippen LogP contribution in [0.5, 0.6) is 0 Å². The monoisotopic (exact) mass is 162 g/mol. The maximum Gasteiger partial charge on any atom is 0.0465 e. The number of hydrogen-bond donors (Lipinski definition) is 2. The van der Waals surface area contributed by atoms with Crippen LogP contribution in [-0.2, 0) is 6.42 Å². The van der Waals surface area contributed by atoms with Crippen LogP contribution >= 0.6 is 0 Å². The number of rotatable bonds is 1. The summed E-state index contributed by atoms with van der Waals surface area (Å²) in [5, 5.41) is 0. The zero-order valence-corrected chi connectivity index (χ0v) is 7.30. The molecule has 0 saturated carbocycles. The lowest BCUT2D eigenvalue weighted by Crippen LogP contribution is -2.26. The molecule has 2 rings (SSSR count). The molecule has 64 valence electrons. The Bertz CT molecular complexity index is 294. The summed E-state index contributed by atoms with van der Waals surface area (Å²) in [6.07, 6.45) is 2.29. The molecule has 0 fully saturated rings. The highest BCUT2D eigenvalue weighted by molar-refractivity contribution is 5.37. The summed E-state index contributed by atoms with van der Waals surface area (Å²) in [5.74, 6) is 5.44. The summed E-state index contributed by atoms with van der Waals surface area (Å²) in [5.41, 5.74) is 7.01. The van der Waals surface area contributed by atoms with Gasteiger partial charge in [-0.2, -0.15) is 0 Å². The van der Waals surface area contributed by atoms with E-state index in [9.17, 15) is 0 Å². The second kappa shape index (κ2) is 2.88. The van der Waals surface area contributed by atoms with Gasteiger partial charge in [-0.05, 0) is 30.9 Å². The van der Waals surface area contributed by atoms with Crippen LogP contribution in [0.15, 0.2) is 18.2 Å². The van der Waals surface area contributed by atoms with Crippen molar-refractivity contribution in [2.75, 3.05) is 0 Å². The van der Waals surface area contributed by atoms with Crippen LogP contribution in [0.1, 0.15) is 29.2 Å². The molecule has 2 heteroatoms. The maximum absolute atomic E-state index is 5.44. The Morgan fingerprint density at radius 2 is 2.33 bits per heavy atom. The summed E-state index contributed by atoms with van der Waals surface area (Å²) in [4.78, 5) is 0. The average molecular weight is 162 g/mol. The van der Waals surface area contributed by atoms with E-state index in [0.717, 1.165) is 12.8 Å². The van der Waals surface area contributed by atoms with E-state index in [1.807, 2.05) is 0 Å². The Balaban J connectivity index is 2.40. The number of hydrogen-bond acceptors (Lipinski definition) is 2. The van der Waals surface area contributed by atoms with Crippen molar-refractivity contribution in [3.63, 3.8) is 0 Å². The first-order valence-electron chi connectivity index (χ1n) is 4.37. The molecule has 1 unspecified atom stereocenters. The van der Waals surface area contributed by atoms with Crippen LogP contribution < -0.4 is 11.3 Å². The molecular formula is C10H14N2. The predicted octanol–water partition coefficient (Wildman–Crippen LogP) is 1.45. The normalized spacial score (nSPS) is 21.0. The van der Waals surface area contributed by atoms with Gasteiger partial charge in [0.25, 0.3) is 0 Å². The van der Waals surface area contributed by atoms with Crippen molar-refractivity contribution in [2.24, 2.45) is 5.84 Å².